The first-order valence-corrected chi connectivity index (χ1v) is 7.21. The Morgan fingerprint density at radius 3 is 2.09 bits per heavy atom. The predicted octanol–water partition coefficient (Wildman–Crippen LogP) is 3.09. The molecule has 5 heteroatoms. The fourth-order valence-electron chi connectivity index (χ4n) is 1.84. The predicted molar refractivity (Wildman–Crippen MR) is 84.3 cm³/mol. The Balaban J connectivity index is 0.000000816. The van der Waals surface area contributed by atoms with E-state index in [4.69, 9.17) is 14.3 Å². The Labute approximate surface area is 135 Å². The monoisotopic (exact) mass is 313 g/mol. The number of hydrogen-bond acceptors (Lipinski definition) is 4. The summed E-state index contributed by atoms with van der Waals surface area (Å²) >= 11 is 0. The minimum atomic E-state index is -0.395. The summed E-state index contributed by atoms with van der Waals surface area (Å²) in [6.07, 6.45) is 0.876. The zero-order valence-electron chi connectivity index (χ0n) is 13.0. The summed E-state index contributed by atoms with van der Waals surface area (Å²) < 4.78 is 5.14. The SMILES string of the molecule is CCc1ccc(CNC(=O)OCc2ccccc2)cc1.O=C=O. The molecule has 0 spiro atoms. The van der Waals surface area contributed by atoms with Crippen molar-refractivity contribution in [2.45, 2.75) is 26.5 Å². The highest BCUT2D eigenvalue weighted by Crippen LogP contribution is 2.05. The molecule has 1 amide bonds. The quantitative estimate of drug-likeness (QED) is 0.920. The lowest BCUT2D eigenvalue weighted by Crippen LogP contribution is -2.23. The van der Waals surface area contributed by atoms with Crippen LogP contribution >= 0.6 is 0 Å². The fraction of sp³-hybridized carbons (Fsp3) is 0.222. The van der Waals surface area contributed by atoms with Gasteiger partial charge < -0.3 is 10.1 Å². The van der Waals surface area contributed by atoms with Gasteiger partial charge in [0.25, 0.3) is 0 Å². The summed E-state index contributed by atoms with van der Waals surface area (Å²) in [5.41, 5.74) is 3.34. The average Bonchev–Trinajstić information content (AvgIpc) is 2.60. The van der Waals surface area contributed by atoms with E-state index in [1.54, 1.807) is 0 Å². The summed E-state index contributed by atoms with van der Waals surface area (Å²) in [4.78, 5) is 27.8. The highest BCUT2D eigenvalue weighted by Gasteiger charge is 2.02. The molecule has 0 aliphatic carbocycles. The molecule has 5 nitrogen and oxygen atoms in total. The van der Waals surface area contributed by atoms with Crippen LogP contribution in [0.4, 0.5) is 4.79 Å². The maximum Gasteiger partial charge on any atom is 0.407 e. The third kappa shape index (κ3) is 7.60. The van der Waals surface area contributed by atoms with Crippen molar-refractivity contribution < 1.29 is 19.1 Å². The van der Waals surface area contributed by atoms with Crippen molar-refractivity contribution in [3.63, 3.8) is 0 Å². The molecule has 23 heavy (non-hydrogen) atoms. The van der Waals surface area contributed by atoms with Gasteiger partial charge in [-0.2, -0.15) is 9.59 Å². The standard InChI is InChI=1S/C17H19NO2.CO2/c1-2-14-8-10-15(11-9-14)12-18-17(19)20-13-16-6-4-3-5-7-16;2-1-3/h3-11H,2,12-13H2,1H3,(H,18,19);. The van der Waals surface area contributed by atoms with E-state index < -0.39 is 6.09 Å². The molecular formula is C18H19NO4. The van der Waals surface area contributed by atoms with Crippen molar-refractivity contribution in [1.29, 1.82) is 0 Å². The van der Waals surface area contributed by atoms with Crippen molar-refractivity contribution in [2.24, 2.45) is 0 Å². The zero-order valence-corrected chi connectivity index (χ0v) is 13.0. The number of aryl methyl sites for hydroxylation is 1. The topological polar surface area (TPSA) is 72.5 Å². The summed E-state index contributed by atoms with van der Waals surface area (Å²) in [6.45, 7) is 2.90. The molecule has 0 unspecified atom stereocenters. The molecular weight excluding hydrogens is 294 g/mol. The van der Waals surface area contributed by atoms with Crippen LogP contribution in [0.25, 0.3) is 0 Å². The summed E-state index contributed by atoms with van der Waals surface area (Å²) in [5.74, 6) is 0. The minimum Gasteiger partial charge on any atom is -0.445 e. The van der Waals surface area contributed by atoms with E-state index in [-0.39, 0.29) is 6.15 Å². The Bertz CT molecular complexity index is 617. The van der Waals surface area contributed by atoms with Crippen LogP contribution in [-0.2, 0) is 33.9 Å². The van der Waals surface area contributed by atoms with Crippen molar-refractivity contribution >= 4 is 12.2 Å². The van der Waals surface area contributed by atoms with E-state index in [9.17, 15) is 4.79 Å². The zero-order chi connectivity index (χ0) is 16.9. The van der Waals surface area contributed by atoms with E-state index in [1.807, 2.05) is 42.5 Å². The second-order valence-corrected chi connectivity index (χ2v) is 4.67. The van der Waals surface area contributed by atoms with E-state index in [2.05, 4.69) is 24.4 Å². The first kappa shape index (κ1) is 18.1. The van der Waals surface area contributed by atoms with Crippen molar-refractivity contribution in [1.82, 2.24) is 5.32 Å². The maximum atomic E-state index is 11.6. The maximum absolute atomic E-state index is 11.6. The first-order valence-electron chi connectivity index (χ1n) is 7.21. The minimum absolute atomic E-state index is 0.250. The van der Waals surface area contributed by atoms with Gasteiger partial charge in [0.1, 0.15) is 6.61 Å². The highest BCUT2D eigenvalue weighted by atomic mass is 16.5. The molecule has 2 aromatic rings. The normalized spacial score (nSPS) is 9.09. The first-order chi connectivity index (χ1) is 11.2. The van der Waals surface area contributed by atoms with E-state index in [1.165, 1.54) is 5.56 Å². The van der Waals surface area contributed by atoms with E-state index >= 15 is 0 Å². The molecule has 2 rings (SSSR count). The molecule has 0 aliphatic heterocycles. The van der Waals surface area contributed by atoms with Gasteiger partial charge in [-0.15, -0.1) is 0 Å². The molecule has 0 bridgehead atoms. The van der Waals surface area contributed by atoms with Gasteiger partial charge >= 0.3 is 12.2 Å². The second kappa shape index (κ2) is 10.8. The van der Waals surface area contributed by atoms with Gasteiger partial charge in [-0.3, -0.25) is 0 Å². The Morgan fingerprint density at radius 2 is 1.52 bits per heavy atom. The molecule has 0 aliphatic rings. The molecule has 0 aromatic heterocycles. The Kier molecular flexibility index (Phi) is 8.49. The Morgan fingerprint density at radius 1 is 0.957 bits per heavy atom. The van der Waals surface area contributed by atoms with Crippen LogP contribution in [-0.4, -0.2) is 12.2 Å². The van der Waals surface area contributed by atoms with Crippen LogP contribution in [0.2, 0.25) is 0 Å². The third-order valence-electron chi connectivity index (χ3n) is 3.08. The average molecular weight is 313 g/mol. The van der Waals surface area contributed by atoms with Gasteiger partial charge in [0.15, 0.2) is 0 Å². The van der Waals surface area contributed by atoms with Crippen LogP contribution in [0.3, 0.4) is 0 Å². The number of carbonyl (C=O) groups is 1. The molecule has 0 saturated heterocycles. The van der Waals surface area contributed by atoms with Gasteiger partial charge in [-0.05, 0) is 23.1 Å². The number of rotatable bonds is 5. The van der Waals surface area contributed by atoms with Crippen LogP contribution in [0.5, 0.6) is 0 Å². The van der Waals surface area contributed by atoms with E-state index in [0.717, 1.165) is 17.5 Å². The van der Waals surface area contributed by atoms with Gasteiger partial charge in [0.05, 0.1) is 0 Å². The molecule has 2 aromatic carbocycles. The number of nitrogens with one attached hydrogen (secondary N) is 1. The number of amides is 1. The van der Waals surface area contributed by atoms with Crippen LogP contribution < -0.4 is 5.32 Å². The summed E-state index contributed by atoms with van der Waals surface area (Å²) in [7, 11) is 0. The highest BCUT2D eigenvalue weighted by molar-refractivity contribution is 5.67. The molecule has 0 atom stereocenters. The summed E-state index contributed by atoms with van der Waals surface area (Å²) in [5, 5.41) is 2.75. The van der Waals surface area contributed by atoms with E-state index in [0.29, 0.717) is 13.2 Å². The molecule has 120 valence electrons. The van der Waals surface area contributed by atoms with Crippen molar-refractivity contribution in [3.8, 4) is 0 Å². The van der Waals surface area contributed by atoms with Crippen LogP contribution in [0.1, 0.15) is 23.6 Å². The van der Waals surface area contributed by atoms with Gasteiger partial charge in [0, 0.05) is 6.54 Å². The number of alkyl carbamates (subject to hydrolysis) is 1. The third-order valence-corrected chi connectivity index (χ3v) is 3.08. The smallest absolute Gasteiger partial charge is 0.407 e. The lowest BCUT2D eigenvalue weighted by molar-refractivity contribution is -0.191. The molecule has 0 fully saturated rings. The van der Waals surface area contributed by atoms with Crippen molar-refractivity contribution in [2.75, 3.05) is 0 Å². The van der Waals surface area contributed by atoms with Gasteiger partial charge in [0.2, 0.25) is 0 Å². The summed E-state index contributed by atoms with van der Waals surface area (Å²) in [6, 6.07) is 17.8. The van der Waals surface area contributed by atoms with Crippen LogP contribution in [0.15, 0.2) is 54.6 Å². The van der Waals surface area contributed by atoms with Crippen LogP contribution in [0, 0.1) is 0 Å². The molecule has 1 N–H and O–H groups in total. The van der Waals surface area contributed by atoms with Gasteiger partial charge in [-0.25, -0.2) is 4.79 Å². The Hall–Kier alpha value is -2.91. The largest absolute Gasteiger partial charge is 0.445 e. The number of hydrogen-bond donors (Lipinski definition) is 1. The van der Waals surface area contributed by atoms with Crippen molar-refractivity contribution in [3.05, 3.63) is 71.3 Å². The number of ether oxygens (including phenoxy) is 1. The molecule has 0 heterocycles. The molecule has 0 saturated carbocycles. The molecule has 0 radical (unpaired) electrons. The lowest BCUT2D eigenvalue weighted by atomic mass is 10.1. The lowest BCUT2D eigenvalue weighted by Gasteiger charge is -2.07. The number of benzene rings is 2. The number of carbonyl (C=O) groups excluding carboxylic acids is 3. The second-order valence-electron chi connectivity index (χ2n) is 4.67. The fourth-order valence-corrected chi connectivity index (χ4v) is 1.84. The van der Waals surface area contributed by atoms with Gasteiger partial charge in [-0.1, -0.05) is 61.5 Å².